The Hall–Kier alpha value is -2.63. The fourth-order valence-electron chi connectivity index (χ4n) is 3.35. The molecule has 1 saturated heterocycles. The van der Waals surface area contributed by atoms with E-state index in [4.69, 9.17) is 0 Å². The van der Waals surface area contributed by atoms with Gasteiger partial charge in [-0.2, -0.15) is 12.6 Å². The van der Waals surface area contributed by atoms with Crippen molar-refractivity contribution in [3.8, 4) is 0 Å². The minimum atomic E-state index is -1.54. The third-order valence-electron chi connectivity index (χ3n) is 5.15. The lowest BCUT2D eigenvalue weighted by atomic mass is 10.0. The Morgan fingerprint density at radius 3 is 2.28 bits per heavy atom. The number of hydrogen-bond donors (Lipinski definition) is 7. The lowest BCUT2D eigenvalue weighted by molar-refractivity contribution is -0.145. The van der Waals surface area contributed by atoms with Crippen LogP contribution in [0.4, 0.5) is 0 Å². The van der Waals surface area contributed by atoms with Crippen molar-refractivity contribution in [1.82, 2.24) is 21.3 Å². The maximum Gasteiger partial charge on any atom is 0.328 e. The lowest BCUT2D eigenvalue weighted by Gasteiger charge is -2.25. The van der Waals surface area contributed by atoms with E-state index in [0.717, 1.165) is 18.5 Å². The Balaban J connectivity index is 2.12. The van der Waals surface area contributed by atoms with Crippen LogP contribution in [-0.4, -0.2) is 76.5 Å². The summed E-state index contributed by atoms with van der Waals surface area (Å²) < 4.78 is 0. The van der Waals surface area contributed by atoms with E-state index in [9.17, 15) is 29.4 Å². The largest absolute Gasteiger partial charge is 0.480 e. The van der Waals surface area contributed by atoms with E-state index in [1.165, 1.54) is 6.92 Å². The summed E-state index contributed by atoms with van der Waals surface area (Å²) in [7, 11) is 0. The van der Waals surface area contributed by atoms with Crippen molar-refractivity contribution in [1.29, 1.82) is 0 Å². The molecule has 32 heavy (non-hydrogen) atoms. The van der Waals surface area contributed by atoms with Crippen LogP contribution in [0.15, 0.2) is 30.3 Å². The molecule has 5 unspecified atom stereocenters. The summed E-state index contributed by atoms with van der Waals surface area (Å²) in [6.45, 7) is 1.97. The first-order valence-corrected chi connectivity index (χ1v) is 11.1. The highest BCUT2D eigenvalue weighted by Crippen LogP contribution is 2.07. The Bertz CT molecular complexity index is 801. The van der Waals surface area contributed by atoms with Crippen molar-refractivity contribution in [2.75, 3.05) is 12.3 Å². The Morgan fingerprint density at radius 2 is 1.75 bits per heavy atom. The average Bonchev–Trinajstić information content (AvgIpc) is 3.30. The number of carboxylic acid groups (broad SMARTS) is 1. The third-order valence-corrected chi connectivity index (χ3v) is 5.52. The Kier molecular flexibility index (Phi) is 9.95. The monoisotopic (exact) mass is 466 g/mol. The number of thiol groups is 1. The molecule has 0 spiro atoms. The van der Waals surface area contributed by atoms with Gasteiger partial charge in [0.05, 0.1) is 12.1 Å². The first kappa shape index (κ1) is 25.6. The SMILES string of the molecule is CC(O)C(NC(=O)C(Cc1ccccc1)NC(=O)C(CS)NC(=O)C1CCCN1)C(=O)O. The molecule has 0 radical (unpaired) electrons. The average molecular weight is 467 g/mol. The molecule has 0 bridgehead atoms. The molecule has 1 fully saturated rings. The number of carbonyl (C=O) groups is 4. The van der Waals surface area contributed by atoms with Crippen LogP contribution in [0, 0.1) is 0 Å². The zero-order chi connectivity index (χ0) is 23.7. The molecule has 6 N–H and O–H groups in total. The van der Waals surface area contributed by atoms with Gasteiger partial charge in [-0.1, -0.05) is 30.3 Å². The van der Waals surface area contributed by atoms with Crippen LogP contribution >= 0.6 is 12.6 Å². The summed E-state index contributed by atoms with van der Waals surface area (Å²) in [5.41, 5.74) is 0.735. The molecule has 3 amide bonds. The van der Waals surface area contributed by atoms with Gasteiger partial charge in [0, 0.05) is 12.2 Å². The molecule has 1 aliphatic rings. The van der Waals surface area contributed by atoms with Crippen molar-refractivity contribution in [2.45, 2.75) is 56.5 Å². The molecule has 1 heterocycles. The predicted octanol–water partition coefficient (Wildman–Crippen LogP) is -1.17. The van der Waals surface area contributed by atoms with E-state index in [2.05, 4.69) is 33.9 Å². The van der Waals surface area contributed by atoms with Crippen molar-refractivity contribution >= 4 is 36.3 Å². The van der Waals surface area contributed by atoms with E-state index in [0.29, 0.717) is 6.42 Å². The van der Waals surface area contributed by atoms with Gasteiger partial charge in [-0.15, -0.1) is 0 Å². The van der Waals surface area contributed by atoms with Crippen molar-refractivity contribution in [3.63, 3.8) is 0 Å². The van der Waals surface area contributed by atoms with Gasteiger partial charge in [-0.25, -0.2) is 4.79 Å². The van der Waals surface area contributed by atoms with Crippen LogP contribution in [0.25, 0.3) is 0 Å². The topological polar surface area (TPSA) is 157 Å². The maximum absolute atomic E-state index is 12.8. The highest BCUT2D eigenvalue weighted by atomic mass is 32.1. The number of nitrogens with one attached hydrogen (secondary N) is 4. The molecule has 0 aliphatic carbocycles. The molecule has 1 aromatic rings. The van der Waals surface area contributed by atoms with Gasteiger partial charge in [0.25, 0.3) is 0 Å². The number of aliphatic carboxylic acids is 1. The number of benzene rings is 1. The van der Waals surface area contributed by atoms with Gasteiger partial charge in [0.2, 0.25) is 17.7 Å². The van der Waals surface area contributed by atoms with Gasteiger partial charge in [-0.3, -0.25) is 14.4 Å². The van der Waals surface area contributed by atoms with E-state index in [-0.39, 0.29) is 24.1 Å². The summed E-state index contributed by atoms with van der Waals surface area (Å²) in [6.07, 6.45) is 0.278. The zero-order valence-corrected chi connectivity index (χ0v) is 18.7. The molecule has 5 atom stereocenters. The van der Waals surface area contributed by atoms with Crippen LogP contribution < -0.4 is 21.3 Å². The van der Waals surface area contributed by atoms with E-state index in [1.807, 2.05) is 0 Å². The minimum Gasteiger partial charge on any atom is -0.480 e. The van der Waals surface area contributed by atoms with Gasteiger partial charge in [0.1, 0.15) is 12.1 Å². The first-order chi connectivity index (χ1) is 15.2. The van der Waals surface area contributed by atoms with E-state index >= 15 is 0 Å². The minimum absolute atomic E-state index is 0.00932. The number of carbonyl (C=O) groups excluding carboxylic acids is 3. The van der Waals surface area contributed by atoms with Crippen molar-refractivity contribution < 1.29 is 29.4 Å². The molecular formula is C21H30N4O6S. The maximum atomic E-state index is 12.8. The smallest absolute Gasteiger partial charge is 0.328 e. The van der Waals surface area contributed by atoms with Crippen LogP contribution in [-0.2, 0) is 25.6 Å². The fraction of sp³-hybridized carbons (Fsp3) is 0.524. The normalized spacial score (nSPS) is 19.3. The molecule has 10 nitrogen and oxygen atoms in total. The highest BCUT2D eigenvalue weighted by Gasteiger charge is 2.32. The highest BCUT2D eigenvalue weighted by molar-refractivity contribution is 7.80. The summed E-state index contributed by atoms with van der Waals surface area (Å²) in [6, 6.07) is 4.84. The number of amides is 3. The third kappa shape index (κ3) is 7.50. The van der Waals surface area contributed by atoms with Gasteiger partial charge >= 0.3 is 5.97 Å². The molecule has 1 aromatic carbocycles. The number of aliphatic hydroxyl groups excluding tert-OH is 1. The quantitative estimate of drug-likeness (QED) is 0.203. The molecule has 11 heteroatoms. The molecule has 1 aliphatic heterocycles. The van der Waals surface area contributed by atoms with Gasteiger partial charge in [0.15, 0.2) is 6.04 Å². The number of aliphatic hydroxyl groups is 1. The summed E-state index contributed by atoms with van der Waals surface area (Å²) in [4.78, 5) is 49.4. The molecule has 176 valence electrons. The van der Waals surface area contributed by atoms with Crippen molar-refractivity contribution in [2.24, 2.45) is 0 Å². The fourth-order valence-corrected chi connectivity index (χ4v) is 3.61. The van der Waals surface area contributed by atoms with E-state index in [1.54, 1.807) is 30.3 Å². The second kappa shape index (κ2) is 12.4. The van der Waals surface area contributed by atoms with Gasteiger partial charge in [-0.05, 0) is 31.9 Å². The van der Waals surface area contributed by atoms with Crippen molar-refractivity contribution in [3.05, 3.63) is 35.9 Å². The summed E-state index contributed by atoms with van der Waals surface area (Å²) >= 11 is 4.15. The summed E-state index contributed by atoms with van der Waals surface area (Å²) in [5.74, 6) is -3.10. The Labute approximate surface area is 191 Å². The first-order valence-electron chi connectivity index (χ1n) is 10.4. The molecule has 2 rings (SSSR count). The van der Waals surface area contributed by atoms with E-state index < -0.39 is 42.0 Å². The predicted molar refractivity (Wildman–Crippen MR) is 120 cm³/mol. The second-order valence-corrected chi connectivity index (χ2v) is 8.07. The zero-order valence-electron chi connectivity index (χ0n) is 17.8. The van der Waals surface area contributed by atoms with Crippen LogP contribution in [0.3, 0.4) is 0 Å². The van der Waals surface area contributed by atoms with Crippen LogP contribution in [0.2, 0.25) is 0 Å². The number of rotatable bonds is 11. The number of hydrogen-bond acceptors (Lipinski definition) is 7. The van der Waals surface area contributed by atoms with Gasteiger partial charge < -0.3 is 31.5 Å². The lowest BCUT2D eigenvalue weighted by Crippen LogP contribution is -2.59. The van der Waals surface area contributed by atoms with Crippen LogP contribution in [0.5, 0.6) is 0 Å². The molecule has 0 saturated carbocycles. The number of carboxylic acids is 1. The summed E-state index contributed by atoms with van der Waals surface area (Å²) in [5, 5.41) is 29.5. The van der Waals surface area contributed by atoms with Crippen LogP contribution in [0.1, 0.15) is 25.3 Å². The molecule has 0 aromatic heterocycles. The molecular weight excluding hydrogens is 436 g/mol. The second-order valence-electron chi connectivity index (χ2n) is 7.71. The standard InChI is InChI=1S/C21H30N4O6S/c1-12(26)17(21(30)31)25-19(28)15(10-13-6-3-2-4-7-13)23-20(29)16(11-32)24-18(27)14-8-5-9-22-14/h2-4,6-7,12,14-17,22,26,32H,5,8-11H2,1H3,(H,23,29)(H,24,27)(H,25,28)(H,30,31). The Morgan fingerprint density at radius 1 is 1.09 bits per heavy atom.